The molecule has 0 radical (unpaired) electrons. The second-order valence-corrected chi connectivity index (χ2v) is 19.2. The molecular formula is C61H108O6. The molecule has 0 N–H and O–H groups in total. The Bertz CT molecular complexity index is 1210. The van der Waals surface area contributed by atoms with Crippen molar-refractivity contribution in [3.05, 3.63) is 60.8 Å². The van der Waals surface area contributed by atoms with Crippen molar-refractivity contribution in [1.29, 1.82) is 0 Å². The Morgan fingerprint density at radius 3 is 0.925 bits per heavy atom. The first-order chi connectivity index (χ1) is 33.0. The van der Waals surface area contributed by atoms with Crippen molar-refractivity contribution in [2.75, 3.05) is 13.2 Å². The van der Waals surface area contributed by atoms with E-state index in [4.69, 9.17) is 14.2 Å². The molecule has 0 saturated heterocycles. The number of allylic oxidation sites excluding steroid dienone is 10. The molecule has 0 unspecified atom stereocenters. The Morgan fingerprint density at radius 2 is 0.552 bits per heavy atom. The van der Waals surface area contributed by atoms with Gasteiger partial charge in [0.15, 0.2) is 6.10 Å². The molecule has 0 aromatic rings. The molecule has 0 heterocycles. The lowest BCUT2D eigenvalue weighted by molar-refractivity contribution is -0.167. The van der Waals surface area contributed by atoms with E-state index in [9.17, 15) is 14.4 Å². The molecule has 0 aromatic heterocycles. The van der Waals surface area contributed by atoms with Gasteiger partial charge in [-0.05, 0) is 83.5 Å². The number of carbonyl (C=O) groups excluding carboxylic acids is 3. The van der Waals surface area contributed by atoms with Gasteiger partial charge in [-0.15, -0.1) is 0 Å². The van der Waals surface area contributed by atoms with Gasteiger partial charge in [0.1, 0.15) is 13.2 Å². The summed E-state index contributed by atoms with van der Waals surface area (Å²) in [5.74, 6) is -0.950. The van der Waals surface area contributed by atoms with Crippen LogP contribution in [0.4, 0.5) is 0 Å². The molecule has 0 bridgehead atoms. The highest BCUT2D eigenvalue weighted by molar-refractivity contribution is 5.71. The summed E-state index contributed by atoms with van der Waals surface area (Å²) in [4.78, 5) is 38.1. The quantitative estimate of drug-likeness (QED) is 0.0262. The van der Waals surface area contributed by atoms with Crippen LogP contribution in [0.2, 0.25) is 0 Å². The number of rotatable bonds is 52. The SMILES string of the molecule is CCCCC/C=C\C/C=C\CCCCCCCC(=O)O[C@H](COC(=O)CCC/C=C\C/C=C\C/C=C\CCCCCCCC)COC(=O)CCCCCCCCCCCCCCCCCCC. The molecule has 67 heavy (non-hydrogen) atoms. The van der Waals surface area contributed by atoms with E-state index in [2.05, 4.69) is 81.5 Å². The predicted octanol–water partition coefficient (Wildman–Crippen LogP) is 19.2. The molecule has 0 rings (SSSR count). The molecule has 0 aliphatic heterocycles. The fourth-order valence-electron chi connectivity index (χ4n) is 8.14. The van der Waals surface area contributed by atoms with Crippen LogP contribution in [0, 0.1) is 0 Å². The van der Waals surface area contributed by atoms with Crippen molar-refractivity contribution >= 4 is 17.9 Å². The van der Waals surface area contributed by atoms with E-state index in [1.165, 1.54) is 161 Å². The highest BCUT2D eigenvalue weighted by Gasteiger charge is 2.19. The molecule has 0 aliphatic rings. The first kappa shape index (κ1) is 64.1. The van der Waals surface area contributed by atoms with E-state index in [-0.39, 0.29) is 37.5 Å². The van der Waals surface area contributed by atoms with Crippen LogP contribution in [-0.2, 0) is 28.6 Å². The van der Waals surface area contributed by atoms with Gasteiger partial charge in [-0.3, -0.25) is 14.4 Å². The highest BCUT2D eigenvalue weighted by atomic mass is 16.6. The number of hydrogen-bond acceptors (Lipinski definition) is 6. The van der Waals surface area contributed by atoms with Gasteiger partial charge in [-0.1, -0.05) is 248 Å². The van der Waals surface area contributed by atoms with E-state index in [1.807, 2.05) is 0 Å². The van der Waals surface area contributed by atoms with E-state index in [0.717, 1.165) is 83.5 Å². The fraction of sp³-hybridized carbons (Fsp3) is 0.787. The minimum Gasteiger partial charge on any atom is -0.462 e. The Morgan fingerprint density at radius 1 is 0.299 bits per heavy atom. The number of hydrogen-bond donors (Lipinski definition) is 0. The third-order valence-corrected chi connectivity index (χ3v) is 12.5. The van der Waals surface area contributed by atoms with Crippen molar-refractivity contribution in [3.8, 4) is 0 Å². The molecule has 388 valence electrons. The van der Waals surface area contributed by atoms with Crippen LogP contribution in [0.5, 0.6) is 0 Å². The number of ether oxygens (including phenoxy) is 3. The molecular weight excluding hydrogens is 829 g/mol. The van der Waals surface area contributed by atoms with Crippen LogP contribution in [0.3, 0.4) is 0 Å². The molecule has 0 spiro atoms. The van der Waals surface area contributed by atoms with Gasteiger partial charge in [0.25, 0.3) is 0 Å². The molecule has 6 nitrogen and oxygen atoms in total. The Labute approximate surface area is 415 Å². The summed E-state index contributed by atoms with van der Waals surface area (Å²) >= 11 is 0. The van der Waals surface area contributed by atoms with Gasteiger partial charge in [0.2, 0.25) is 0 Å². The van der Waals surface area contributed by atoms with Crippen molar-refractivity contribution < 1.29 is 28.6 Å². The maximum absolute atomic E-state index is 12.8. The molecule has 0 amide bonds. The summed E-state index contributed by atoms with van der Waals surface area (Å²) in [6, 6.07) is 0. The third-order valence-electron chi connectivity index (χ3n) is 12.5. The summed E-state index contributed by atoms with van der Waals surface area (Å²) in [5.41, 5.74) is 0. The van der Waals surface area contributed by atoms with Crippen LogP contribution in [0.15, 0.2) is 60.8 Å². The summed E-state index contributed by atoms with van der Waals surface area (Å²) in [7, 11) is 0. The zero-order valence-electron chi connectivity index (χ0n) is 44.4. The highest BCUT2D eigenvalue weighted by Crippen LogP contribution is 2.16. The predicted molar refractivity (Wildman–Crippen MR) is 288 cm³/mol. The second kappa shape index (κ2) is 55.7. The van der Waals surface area contributed by atoms with Crippen LogP contribution in [0.1, 0.15) is 290 Å². The first-order valence-corrected chi connectivity index (χ1v) is 28.8. The summed E-state index contributed by atoms with van der Waals surface area (Å²) in [6.45, 7) is 6.58. The van der Waals surface area contributed by atoms with E-state index in [0.29, 0.717) is 19.3 Å². The number of unbranched alkanes of at least 4 members (excludes halogenated alkanes) is 31. The van der Waals surface area contributed by atoms with Crippen molar-refractivity contribution in [1.82, 2.24) is 0 Å². The van der Waals surface area contributed by atoms with Gasteiger partial charge in [0.05, 0.1) is 0 Å². The Hall–Kier alpha value is -2.89. The van der Waals surface area contributed by atoms with Crippen molar-refractivity contribution in [2.24, 2.45) is 0 Å². The monoisotopic (exact) mass is 937 g/mol. The summed E-state index contributed by atoms with van der Waals surface area (Å²) in [6.07, 6.45) is 69.3. The zero-order valence-corrected chi connectivity index (χ0v) is 44.4. The normalized spacial score (nSPS) is 12.5. The lowest BCUT2D eigenvalue weighted by Crippen LogP contribution is -2.30. The lowest BCUT2D eigenvalue weighted by Gasteiger charge is -2.18. The lowest BCUT2D eigenvalue weighted by atomic mass is 10.0. The van der Waals surface area contributed by atoms with Gasteiger partial charge in [-0.25, -0.2) is 0 Å². The van der Waals surface area contributed by atoms with E-state index >= 15 is 0 Å². The van der Waals surface area contributed by atoms with Crippen molar-refractivity contribution in [2.45, 2.75) is 297 Å². The van der Waals surface area contributed by atoms with Crippen LogP contribution >= 0.6 is 0 Å². The topological polar surface area (TPSA) is 78.9 Å². The smallest absolute Gasteiger partial charge is 0.306 e. The Balaban J connectivity index is 4.44. The van der Waals surface area contributed by atoms with E-state index in [1.54, 1.807) is 0 Å². The molecule has 1 atom stereocenters. The third kappa shape index (κ3) is 53.9. The minimum atomic E-state index is -0.800. The maximum atomic E-state index is 12.8. The zero-order chi connectivity index (χ0) is 48.6. The van der Waals surface area contributed by atoms with E-state index < -0.39 is 6.10 Å². The molecule has 0 fully saturated rings. The average Bonchev–Trinajstić information content (AvgIpc) is 3.33. The minimum absolute atomic E-state index is 0.0931. The number of esters is 3. The van der Waals surface area contributed by atoms with Gasteiger partial charge in [0, 0.05) is 19.3 Å². The molecule has 0 aromatic carbocycles. The second-order valence-electron chi connectivity index (χ2n) is 19.2. The molecule has 0 saturated carbocycles. The van der Waals surface area contributed by atoms with Crippen molar-refractivity contribution in [3.63, 3.8) is 0 Å². The average molecular weight is 938 g/mol. The summed E-state index contributed by atoms with van der Waals surface area (Å²) < 4.78 is 16.8. The van der Waals surface area contributed by atoms with Gasteiger partial charge >= 0.3 is 17.9 Å². The van der Waals surface area contributed by atoms with Crippen LogP contribution in [0.25, 0.3) is 0 Å². The molecule has 6 heteroatoms. The largest absolute Gasteiger partial charge is 0.462 e. The fourth-order valence-corrected chi connectivity index (χ4v) is 8.14. The standard InChI is InChI=1S/C61H108O6/c1-4-7-10-13-16-19-22-25-28-30-33-35-38-41-44-47-50-53-59(62)65-56-58(67-61(64)55-52-49-46-43-40-37-32-27-24-21-18-15-12-9-6-3)57-66-60(63)54-51-48-45-42-39-36-34-31-29-26-23-20-17-14-11-8-5-2/h18,21,25,27-28,32-33,35,41,44,58H,4-17,19-20,22-24,26,29-31,34,36-40,42-43,45-57H2,1-3H3/b21-18-,28-25-,32-27-,35-33-,44-41-/t58-/m1/s1. The maximum Gasteiger partial charge on any atom is 0.306 e. The molecule has 0 aliphatic carbocycles. The first-order valence-electron chi connectivity index (χ1n) is 28.8. The Kier molecular flexibility index (Phi) is 53.3. The van der Waals surface area contributed by atoms with Crippen LogP contribution in [-0.4, -0.2) is 37.2 Å². The van der Waals surface area contributed by atoms with Gasteiger partial charge < -0.3 is 14.2 Å². The van der Waals surface area contributed by atoms with Gasteiger partial charge in [-0.2, -0.15) is 0 Å². The van der Waals surface area contributed by atoms with Crippen LogP contribution < -0.4 is 0 Å². The summed E-state index contributed by atoms with van der Waals surface area (Å²) in [5, 5.41) is 0. The number of carbonyl (C=O) groups is 3.